The van der Waals surface area contributed by atoms with Crippen molar-refractivity contribution in [2.45, 2.75) is 57.9 Å². The first-order chi connectivity index (χ1) is 9.69. The zero-order chi connectivity index (χ0) is 14.0. The van der Waals surface area contributed by atoms with Crippen LogP contribution in [0, 0.1) is 0 Å². The fourth-order valence-corrected chi connectivity index (χ4v) is 3.11. The summed E-state index contributed by atoms with van der Waals surface area (Å²) in [5.74, 6) is 2.28. The third kappa shape index (κ3) is 2.37. The molecule has 3 heteroatoms. The maximum absolute atomic E-state index is 4.54. The number of aromatic nitrogens is 3. The Balaban J connectivity index is 2.01. The summed E-state index contributed by atoms with van der Waals surface area (Å²) in [5, 5.41) is 9.01. The second-order valence-corrected chi connectivity index (χ2v) is 6.25. The van der Waals surface area contributed by atoms with Gasteiger partial charge in [0, 0.05) is 18.4 Å². The van der Waals surface area contributed by atoms with Crippen molar-refractivity contribution in [1.82, 2.24) is 14.8 Å². The quantitative estimate of drug-likeness (QED) is 0.832. The van der Waals surface area contributed by atoms with Gasteiger partial charge in [0.1, 0.15) is 11.6 Å². The molecular formula is C17H23N3. The number of fused-ring (bicyclic) bond motifs is 1. The van der Waals surface area contributed by atoms with Crippen molar-refractivity contribution in [3.8, 4) is 0 Å². The molecule has 1 aromatic heterocycles. The first-order valence-electron chi connectivity index (χ1n) is 7.67. The SMILES string of the molecule is CC(C)(c1ccccc1)c1nnc2n1CCCCCC2. The van der Waals surface area contributed by atoms with Gasteiger partial charge in [0.2, 0.25) is 0 Å². The number of aryl methyl sites for hydroxylation is 1. The third-order valence-electron chi connectivity index (χ3n) is 4.41. The van der Waals surface area contributed by atoms with E-state index in [4.69, 9.17) is 0 Å². The molecule has 0 spiro atoms. The van der Waals surface area contributed by atoms with Crippen molar-refractivity contribution in [3.05, 3.63) is 47.5 Å². The molecule has 0 amide bonds. The second kappa shape index (κ2) is 5.39. The monoisotopic (exact) mass is 269 g/mol. The molecule has 2 heterocycles. The van der Waals surface area contributed by atoms with E-state index in [1.165, 1.54) is 37.1 Å². The summed E-state index contributed by atoms with van der Waals surface area (Å²) in [6, 6.07) is 10.6. The second-order valence-electron chi connectivity index (χ2n) is 6.25. The number of hydrogen-bond acceptors (Lipinski definition) is 2. The van der Waals surface area contributed by atoms with Gasteiger partial charge in [-0.3, -0.25) is 0 Å². The minimum absolute atomic E-state index is 0.0916. The lowest BCUT2D eigenvalue weighted by atomic mass is 9.83. The van der Waals surface area contributed by atoms with Crippen LogP contribution in [0.1, 0.15) is 56.7 Å². The van der Waals surface area contributed by atoms with E-state index in [2.05, 4.69) is 58.9 Å². The zero-order valence-corrected chi connectivity index (χ0v) is 12.5. The van der Waals surface area contributed by atoms with Crippen LogP contribution in [0.4, 0.5) is 0 Å². The minimum Gasteiger partial charge on any atom is -0.314 e. The summed E-state index contributed by atoms with van der Waals surface area (Å²) < 4.78 is 2.37. The molecule has 106 valence electrons. The van der Waals surface area contributed by atoms with Crippen molar-refractivity contribution in [1.29, 1.82) is 0 Å². The fraction of sp³-hybridized carbons (Fsp3) is 0.529. The molecule has 0 bridgehead atoms. The van der Waals surface area contributed by atoms with Gasteiger partial charge in [0.05, 0.1) is 0 Å². The van der Waals surface area contributed by atoms with E-state index in [-0.39, 0.29) is 5.41 Å². The Kier molecular flexibility index (Phi) is 3.60. The lowest BCUT2D eigenvalue weighted by Gasteiger charge is -2.26. The minimum atomic E-state index is -0.0916. The maximum Gasteiger partial charge on any atom is 0.143 e. The third-order valence-corrected chi connectivity index (χ3v) is 4.41. The Labute approximate surface area is 121 Å². The Bertz CT molecular complexity index is 569. The van der Waals surface area contributed by atoms with Crippen molar-refractivity contribution in [2.75, 3.05) is 0 Å². The molecule has 1 aliphatic rings. The molecule has 0 saturated carbocycles. The van der Waals surface area contributed by atoms with Gasteiger partial charge in [-0.15, -0.1) is 10.2 Å². The molecule has 0 atom stereocenters. The first-order valence-corrected chi connectivity index (χ1v) is 7.67. The molecule has 20 heavy (non-hydrogen) atoms. The van der Waals surface area contributed by atoms with E-state index in [9.17, 15) is 0 Å². The highest BCUT2D eigenvalue weighted by Gasteiger charge is 2.30. The van der Waals surface area contributed by atoms with Crippen LogP contribution in [0.5, 0.6) is 0 Å². The zero-order valence-electron chi connectivity index (χ0n) is 12.5. The van der Waals surface area contributed by atoms with Crippen molar-refractivity contribution in [2.24, 2.45) is 0 Å². The Hall–Kier alpha value is -1.64. The fourth-order valence-electron chi connectivity index (χ4n) is 3.11. The van der Waals surface area contributed by atoms with Gasteiger partial charge in [0.25, 0.3) is 0 Å². The lowest BCUT2D eigenvalue weighted by molar-refractivity contribution is 0.471. The molecule has 0 unspecified atom stereocenters. The van der Waals surface area contributed by atoms with Gasteiger partial charge < -0.3 is 4.57 Å². The molecule has 1 aliphatic heterocycles. The first kappa shape index (κ1) is 13.3. The molecule has 0 N–H and O–H groups in total. The Morgan fingerprint density at radius 1 is 0.950 bits per heavy atom. The molecule has 0 saturated heterocycles. The molecule has 2 aromatic rings. The van der Waals surface area contributed by atoms with Crippen molar-refractivity contribution in [3.63, 3.8) is 0 Å². The smallest absolute Gasteiger partial charge is 0.143 e. The van der Waals surface area contributed by atoms with E-state index in [1.54, 1.807) is 0 Å². The van der Waals surface area contributed by atoms with E-state index < -0.39 is 0 Å². The summed E-state index contributed by atoms with van der Waals surface area (Å²) in [4.78, 5) is 0. The summed E-state index contributed by atoms with van der Waals surface area (Å²) in [7, 11) is 0. The molecule has 0 radical (unpaired) electrons. The van der Waals surface area contributed by atoms with Crippen molar-refractivity contribution < 1.29 is 0 Å². The predicted molar refractivity (Wildman–Crippen MR) is 80.8 cm³/mol. The largest absolute Gasteiger partial charge is 0.314 e. The molecule has 3 rings (SSSR count). The number of benzene rings is 1. The van der Waals surface area contributed by atoms with Gasteiger partial charge in [-0.05, 0) is 32.3 Å². The summed E-state index contributed by atoms with van der Waals surface area (Å²) in [6.45, 7) is 5.56. The lowest BCUT2D eigenvalue weighted by Crippen LogP contribution is -2.25. The van der Waals surface area contributed by atoms with Gasteiger partial charge >= 0.3 is 0 Å². The molecule has 0 fully saturated rings. The van der Waals surface area contributed by atoms with Crippen LogP contribution in [0.15, 0.2) is 30.3 Å². The average Bonchev–Trinajstić information content (AvgIpc) is 2.82. The highest BCUT2D eigenvalue weighted by Crippen LogP contribution is 2.31. The van der Waals surface area contributed by atoms with E-state index in [0.29, 0.717) is 0 Å². The standard InChI is InChI=1S/C17H23N3/c1-17(2,14-10-6-5-7-11-14)16-19-18-15-12-8-3-4-9-13-20(15)16/h5-7,10-11H,3-4,8-9,12-13H2,1-2H3. The number of hydrogen-bond donors (Lipinski definition) is 0. The molecule has 3 nitrogen and oxygen atoms in total. The van der Waals surface area contributed by atoms with Crippen LogP contribution in [0.3, 0.4) is 0 Å². The van der Waals surface area contributed by atoms with Gasteiger partial charge in [0.15, 0.2) is 0 Å². The summed E-state index contributed by atoms with van der Waals surface area (Å²) >= 11 is 0. The number of rotatable bonds is 2. The van der Waals surface area contributed by atoms with Crippen LogP contribution in [0.25, 0.3) is 0 Å². The number of nitrogens with zero attached hydrogens (tertiary/aromatic N) is 3. The Morgan fingerprint density at radius 3 is 2.50 bits per heavy atom. The van der Waals surface area contributed by atoms with E-state index in [1.807, 2.05) is 0 Å². The van der Waals surface area contributed by atoms with Crippen LogP contribution in [0.2, 0.25) is 0 Å². The predicted octanol–water partition coefficient (Wildman–Crippen LogP) is 3.72. The highest BCUT2D eigenvalue weighted by molar-refractivity contribution is 5.31. The topological polar surface area (TPSA) is 30.7 Å². The van der Waals surface area contributed by atoms with Crippen LogP contribution in [-0.2, 0) is 18.4 Å². The highest BCUT2D eigenvalue weighted by atomic mass is 15.3. The average molecular weight is 269 g/mol. The van der Waals surface area contributed by atoms with Gasteiger partial charge in [-0.2, -0.15) is 0 Å². The molecule has 0 aliphatic carbocycles. The molecular weight excluding hydrogens is 246 g/mol. The Morgan fingerprint density at radius 2 is 1.70 bits per heavy atom. The van der Waals surface area contributed by atoms with Crippen LogP contribution in [-0.4, -0.2) is 14.8 Å². The van der Waals surface area contributed by atoms with Gasteiger partial charge in [-0.25, -0.2) is 0 Å². The van der Waals surface area contributed by atoms with Crippen LogP contribution >= 0.6 is 0 Å². The molecule has 1 aromatic carbocycles. The van der Waals surface area contributed by atoms with Crippen LogP contribution < -0.4 is 0 Å². The maximum atomic E-state index is 4.54. The van der Waals surface area contributed by atoms with Gasteiger partial charge in [-0.1, -0.05) is 43.2 Å². The summed E-state index contributed by atoms with van der Waals surface area (Å²) in [5.41, 5.74) is 1.21. The van der Waals surface area contributed by atoms with E-state index in [0.717, 1.165) is 18.8 Å². The normalized spacial score (nSPS) is 16.3. The summed E-state index contributed by atoms with van der Waals surface area (Å²) in [6.07, 6.45) is 6.19. The van der Waals surface area contributed by atoms with Crippen molar-refractivity contribution >= 4 is 0 Å². The van der Waals surface area contributed by atoms with E-state index >= 15 is 0 Å².